The Morgan fingerprint density at radius 2 is 1.92 bits per heavy atom. The van der Waals surface area contributed by atoms with E-state index in [0.29, 0.717) is 15.4 Å². The van der Waals surface area contributed by atoms with Gasteiger partial charge in [0.15, 0.2) is 0 Å². The van der Waals surface area contributed by atoms with Gasteiger partial charge in [0.1, 0.15) is 0 Å². The van der Waals surface area contributed by atoms with Gasteiger partial charge in [-0.05, 0) is 48.4 Å². The number of hydrogen-bond acceptors (Lipinski definition) is 6. The summed E-state index contributed by atoms with van der Waals surface area (Å²) in [5.74, 6) is -0.560. The van der Waals surface area contributed by atoms with Gasteiger partial charge in [-0.25, -0.2) is 9.00 Å². The highest BCUT2D eigenvalue weighted by Gasteiger charge is 2.62. The number of carbonyl (C=O) groups is 2. The molecule has 9 nitrogen and oxygen atoms in total. The number of nitrogens with zero attached hydrogens (tertiary/aromatic N) is 2. The van der Waals surface area contributed by atoms with Gasteiger partial charge in [0.05, 0.1) is 18.4 Å². The Hall–Kier alpha value is -2.87. The first-order chi connectivity index (χ1) is 17.3. The zero-order chi connectivity index (χ0) is 27.1. The van der Waals surface area contributed by atoms with Crippen LogP contribution in [-0.4, -0.2) is 56.7 Å². The smallest absolute Gasteiger partial charge is 0.435 e. The van der Waals surface area contributed by atoms with Gasteiger partial charge in [-0.2, -0.15) is 17.5 Å². The number of amides is 2. The molecule has 0 bridgehead atoms. The quantitative estimate of drug-likeness (QED) is 0.535. The lowest BCUT2D eigenvalue weighted by Gasteiger charge is -2.29. The first-order valence-corrected chi connectivity index (χ1v) is 12.4. The van der Waals surface area contributed by atoms with E-state index in [9.17, 15) is 27.0 Å². The molecule has 2 aliphatic heterocycles. The van der Waals surface area contributed by atoms with Gasteiger partial charge in [0.25, 0.3) is 22.8 Å². The Morgan fingerprint density at radius 1 is 1.24 bits per heavy atom. The molecule has 1 saturated heterocycles. The normalized spacial score (nSPS) is 23.5. The van der Waals surface area contributed by atoms with Crippen LogP contribution in [0.4, 0.5) is 18.0 Å². The first-order valence-electron chi connectivity index (χ1n) is 10.6. The number of hydrogen-bond donors (Lipinski definition) is 2. The maximum atomic E-state index is 14.2. The van der Waals surface area contributed by atoms with Crippen molar-refractivity contribution in [1.82, 2.24) is 9.62 Å². The minimum Gasteiger partial charge on any atom is -0.464 e. The molecule has 2 amide bonds. The van der Waals surface area contributed by atoms with Crippen LogP contribution in [0.1, 0.15) is 33.5 Å². The lowest BCUT2D eigenvalue weighted by atomic mass is 9.86. The van der Waals surface area contributed by atoms with Gasteiger partial charge in [0, 0.05) is 34.1 Å². The van der Waals surface area contributed by atoms with Crippen LogP contribution in [0.5, 0.6) is 0 Å². The number of nitrogens with one attached hydrogen (secondary N) is 1. The third-order valence-electron chi connectivity index (χ3n) is 5.86. The van der Waals surface area contributed by atoms with E-state index >= 15 is 0 Å². The molecule has 0 spiro atoms. The highest BCUT2D eigenvalue weighted by Crippen LogP contribution is 2.49. The fourth-order valence-corrected chi connectivity index (χ4v) is 5.41. The van der Waals surface area contributed by atoms with E-state index in [2.05, 4.69) is 10.5 Å². The fourth-order valence-electron chi connectivity index (χ4n) is 3.99. The van der Waals surface area contributed by atoms with Crippen molar-refractivity contribution in [3.63, 3.8) is 0 Å². The predicted molar refractivity (Wildman–Crippen MR) is 128 cm³/mol. The number of aryl methyl sites for hydroxylation is 1. The Kier molecular flexibility index (Phi) is 7.43. The molecule has 15 heteroatoms. The number of halogens is 5. The van der Waals surface area contributed by atoms with Crippen molar-refractivity contribution in [3.8, 4) is 0 Å². The molecule has 0 radical (unpaired) electrons. The Morgan fingerprint density at radius 3 is 2.51 bits per heavy atom. The molecule has 2 aromatic carbocycles. The van der Waals surface area contributed by atoms with E-state index in [1.807, 2.05) is 0 Å². The predicted octanol–water partition coefficient (Wildman–Crippen LogP) is 4.57. The Labute approximate surface area is 220 Å². The molecular weight excluding hydrogens is 562 g/mol. The molecular formula is C22H18Cl2F3N3O6S. The monoisotopic (exact) mass is 579 g/mol. The first kappa shape index (κ1) is 27.2. The molecule has 2 aliphatic rings. The molecule has 198 valence electrons. The topological polar surface area (TPSA) is 118 Å². The highest BCUT2D eigenvalue weighted by molar-refractivity contribution is 7.78. The second-order valence-electron chi connectivity index (χ2n) is 8.29. The summed E-state index contributed by atoms with van der Waals surface area (Å²) < 4.78 is 59.6. The zero-order valence-corrected chi connectivity index (χ0v) is 21.2. The number of oxime groups is 1. The summed E-state index contributed by atoms with van der Waals surface area (Å²) in [5, 5.41) is 15.4. The van der Waals surface area contributed by atoms with E-state index in [4.69, 9.17) is 37.3 Å². The number of carbonyl (C=O) groups excluding carboxylic acids is 1. The average molecular weight is 580 g/mol. The molecule has 1 fully saturated rings. The van der Waals surface area contributed by atoms with Crippen LogP contribution in [-0.2, 0) is 25.9 Å². The summed E-state index contributed by atoms with van der Waals surface area (Å²) in [7, 11) is 0. The number of rotatable bonds is 5. The average Bonchev–Trinajstić information content (AvgIpc) is 3.41. The number of benzene rings is 2. The zero-order valence-electron chi connectivity index (χ0n) is 18.8. The molecule has 37 heavy (non-hydrogen) atoms. The van der Waals surface area contributed by atoms with Crippen LogP contribution >= 0.6 is 23.2 Å². The van der Waals surface area contributed by atoms with E-state index in [1.165, 1.54) is 24.3 Å². The van der Waals surface area contributed by atoms with Crippen LogP contribution in [0, 0.1) is 6.92 Å². The van der Waals surface area contributed by atoms with Crippen LogP contribution < -0.4 is 5.32 Å². The van der Waals surface area contributed by atoms with E-state index < -0.39 is 47.5 Å². The molecule has 2 aromatic rings. The van der Waals surface area contributed by atoms with Gasteiger partial charge in [-0.1, -0.05) is 34.4 Å². The SMILES string of the molecule is Cc1cc(C2=NOC(c3cc(Cl)cc(Cl)c3)(C(F)(F)F)C2)ccc1C(=O)NCC1COS(=O)N1C(=O)O. The molecule has 0 aromatic heterocycles. The largest absolute Gasteiger partial charge is 0.464 e. The standard InChI is InChI=1S/C22H18Cl2F3N3O6S/c1-11-4-12(2-3-17(11)19(31)28-9-16-10-35-37(34)30(16)20(32)33)18-8-21(36-29-18,22(25,26)27)13-5-14(23)7-15(24)6-13/h2-7,16H,8-10H2,1H3,(H,28,31)(H,32,33). The van der Waals surface area contributed by atoms with Crippen LogP contribution in [0.25, 0.3) is 0 Å². The van der Waals surface area contributed by atoms with Crippen LogP contribution in [0.15, 0.2) is 41.6 Å². The summed E-state index contributed by atoms with van der Waals surface area (Å²) in [6.45, 7) is 1.27. The minimum atomic E-state index is -4.85. The van der Waals surface area contributed by atoms with E-state index in [1.54, 1.807) is 6.92 Å². The molecule has 4 rings (SSSR count). The summed E-state index contributed by atoms with van der Waals surface area (Å²) in [6.07, 6.45) is -6.95. The molecule has 3 unspecified atom stereocenters. The summed E-state index contributed by atoms with van der Waals surface area (Å²) in [4.78, 5) is 28.9. The minimum absolute atomic E-state index is 0.00571. The Balaban J connectivity index is 1.51. The molecule has 0 aliphatic carbocycles. The molecule has 0 saturated carbocycles. The maximum absolute atomic E-state index is 14.2. The van der Waals surface area contributed by atoms with Gasteiger partial charge >= 0.3 is 12.3 Å². The second kappa shape index (κ2) is 10.1. The van der Waals surface area contributed by atoms with E-state index in [-0.39, 0.29) is 40.0 Å². The summed E-state index contributed by atoms with van der Waals surface area (Å²) in [5.41, 5.74) is -2.14. The number of carboxylic acid groups (broad SMARTS) is 1. The summed E-state index contributed by atoms with van der Waals surface area (Å²) >= 11 is 9.69. The van der Waals surface area contributed by atoms with Gasteiger partial charge < -0.3 is 15.3 Å². The van der Waals surface area contributed by atoms with Crippen molar-refractivity contribution >= 4 is 52.2 Å². The maximum Gasteiger partial charge on any atom is 0.435 e. The lowest BCUT2D eigenvalue weighted by Crippen LogP contribution is -2.44. The van der Waals surface area contributed by atoms with Crippen LogP contribution in [0.3, 0.4) is 0 Å². The van der Waals surface area contributed by atoms with E-state index in [0.717, 1.165) is 12.1 Å². The lowest BCUT2D eigenvalue weighted by molar-refractivity contribution is -0.275. The molecule has 2 N–H and O–H groups in total. The van der Waals surface area contributed by atoms with Gasteiger partial charge in [-0.15, -0.1) is 0 Å². The highest BCUT2D eigenvalue weighted by atomic mass is 35.5. The van der Waals surface area contributed by atoms with Gasteiger partial charge in [0.2, 0.25) is 0 Å². The van der Waals surface area contributed by atoms with Crippen molar-refractivity contribution < 1.29 is 41.1 Å². The molecule has 2 heterocycles. The van der Waals surface area contributed by atoms with Crippen molar-refractivity contribution in [3.05, 3.63) is 68.7 Å². The van der Waals surface area contributed by atoms with Crippen molar-refractivity contribution in [1.29, 1.82) is 0 Å². The van der Waals surface area contributed by atoms with Crippen molar-refractivity contribution in [2.75, 3.05) is 13.2 Å². The van der Waals surface area contributed by atoms with Crippen LogP contribution in [0.2, 0.25) is 10.0 Å². The van der Waals surface area contributed by atoms with Gasteiger partial charge in [-0.3, -0.25) is 8.98 Å². The van der Waals surface area contributed by atoms with Crippen molar-refractivity contribution in [2.45, 2.75) is 31.2 Å². The number of alkyl halides is 3. The third kappa shape index (κ3) is 5.26. The molecule has 3 atom stereocenters. The fraction of sp³-hybridized carbons (Fsp3) is 0.318. The second-order valence-corrected chi connectivity index (χ2v) is 10.2. The summed E-state index contributed by atoms with van der Waals surface area (Å²) in [6, 6.07) is 7.03. The third-order valence-corrected chi connectivity index (χ3v) is 7.41. The Bertz CT molecular complexity index is 1300. The van der Waals surface area contributed by atoms with Crippen molar-refractivity contribution in [2.24, 2.45) is 5.16 Å².